The Morgan fingerprint density at radius 2 is 1.62 bits per heavy atom. The summed E-state index contributed by atoms with van der Waals surface area (Å²) in [5.41, 5.74) is 1.81. The van der Waals surface area contributed by atoms with Gasteiger partial charge in [-0.2, -0.15) is 10.1 Å². The van der Waals surface area contributed by atoms with Crippen molar-refractivity contribution >= 4 is 17.5 Å². The van der Waals surface area contributed by atoms with E-state index in [1.54, 1.807) is 24.3 Å². The molecule has 3 rings (SSSR count). The summed E-state index contributed by atoms with van der Waals surface area (Å²) in [7, 11) is 0. The van der Waals surface area contributed by atoms with Gasteiger partial charge in [-0.15, -0.1) is 0 Å². The minimum atomic E-state index is -0.586. The van der Waals surface area contributed by atoms with E-state index < -0.39 is 5.92 Å². The van der Waals surface area contributed by atoms with Crippen molar-refractivity contribution in [2.45, 2.75) is 46.0 Å². The number of hydrazone groups is 1. The number of unbranched alkanes of at least 4 members (excludes halogenated alkanes) is 2. The van der Waals surface area contributed by atoms with Gasteiger partial charge in [0.05, 0.1) is 18.1 Å². The lowest BCUT2D eigenvalue weighted by Crippen LogP contribution is -2.40. The Kier molecular flexibility index (Phi) is 8.56. The topological polar surface area (TPSA) is 73.2 Å². The summed E-state index contributed by atoms with van der Waals surface area (Å²) >= 11 is 0. The highest BCUT2D eigenvalue weighted by molar-refractivity contribution is 6.20. The average molecular weight is 436 g/mol. The van der Waals surface area contributed by atoms with Gasteiger partial charge in [-0.05, 0) is 43.6 Å². The lowest BCUT2D eigenvalue weighted by atomic mass is 9.95. The van der Waals surface area contributed by atoms with Crippen molar-refractivity contribution in [3.8, 4) is 5.75 Å². The number of carbonyl (C=O) groups is 2. The third kappa shape index (κ3) is 5.82. The van der Waals surface area contributed by atoms with Crippen LogP contribution in [0.15, 0.2) is 59.7 Å². The maximum Gasteiger partial charge on any atom is 0.260 e. The monoisotopic (exact) mass is 435 g/mol. The van der Waals surface area contributed by atoms with Gasteiger partial charge >= 0.3 is 0 Å². The molecule has 1 N–H and O–H groups in total. The Hall–Kier alpha value is -2.99. The smallest absolute Gasteiger partial charge is 0.260 e. The second-order valence-corrected chi connectivity index (χ2v) is 8.27. The molecule has 0 spiro atoms. The number of hydrogen-bond donors (Lipinski definition) is 1. The molecule has 1 unspecified atom stereocenters. The maximum atomic E-state index is 13.4. The largest absolute Gasteiger partial charge is 0.507 e. The number of phenolic OH excluding ortho intramolecular Hbond substituents is 1. The van der Waals surface area contributed by atoms with Crippen LogP contribution in [0, 0.1) is 5.92 Å². The summed E-state index contributed by atoms with van der Waals surface area (Å²) in [6, 6.07) is 16.2. The molecule has 2 aromatic carbocycles. The van der Waals surface area contributed by atoms with Crippen LogP contribution >= 0.6 is 0 Å². The van der Waals surface area contributed by atoms with Gasteiger partial charge < -0.3 is 10.0 Å². The molecule has 0 saturated carbocycles. The summed E-state index contributed by atoms with van der Waals surface area (Å²) < 4.78 is 0. The zero-order chi connectivity index (χ0) is 22.9. The molecular weight excluding hydrogens is 402 g/mol. The van der Waals surface area contributed by atoms with E-state index in [2.05, 4.69) is 23.8 Å². The third-order valence-electron chi connectivity index (χ3n) is 5.76. The van der Waals surface area contributed by atoms with Crippen molar-refractivity contribution in [2.75, 3.05) is 19.6 Å². The summed E-state index contributed by atoms with van der Waals surface area (Å²) in [5.74, 6) is -1.20. The Bertz CT molecular complexity index is 934. The molecule has 6 nitrogen and oxygen atoms in total. The lowest BCUT2D eigenvalue weighted by Gasteiger charge is -2.25. The molecule has 1 heterocycles. The van der Waals surface area contributed by atoms with E-state index in [0.717, 1.165) is 49.3 Å². The van der Waals surface area contributed by atoms with Crippen molar-refractivity contribution in [3.05, 3.63) is 65.7 Å². The van der Waals surface area contributed by atoms with Gasteiger partial charge in [0.25, 0.3) is 11.8 Å². The highest BCUT2D eigenvalue weighted by Crippen LogP contribution is 2.28. The molecule has 1 atom stereocenters. The first-order valence-electron chi connectivity index (χ1n) is 11.5. The third-order valence-corrected chi connectivity index (χ3v) is 5.76. The molecule has 0 aromatic heterocycles. The maximum absolute atomic E-state index is 13.4. The summed E-state index contributed by atoms with van der Waals surface area (Å²) in [4.78, 5) is 28.7. The molecule has 1 aliphatic rings. The molecule has 170 valence electrons. The Morgan fingerprint density at radius 1 is 1.00 bits per heavy atom. The Labute approximate surface area is 190 Å². The standard InChI is InChI=1S/C26H33N3O3/c1-3-5-16-28(17-6-4-2)19-22-25(21-14-10-11-15-23(21)30)27-29(26(22)32)24(31)18-20-12-8-7-9-13-20/h7-15,22,30H,3-6,16-19H2,1-2H3. The SMILES string of the molecule is CCCCN(CCCC)CC1C(=O)N(C(=O)Cc2ccccc2)N=C1c1ccccc1O. The number of benzene rings is 2. The zero-order valence-electron chi connectivity index (χ0n) is 19.0. The zero-order valence-corrected chi connectivity index (χ0v) is 19.0. The van der Waals surface area contributed by atoms with Gasteiger partial charge in [-0.25, -0.2) is 0 Å². The van der Waals surface area contributed by atoms with Crippen LogP contribution in [0.2, 0.25) is 0 Å². The summed E-state index contributed by atoms with van der Waals surface area (Å²) in [5, 5.41) is 15.9. The molecule has 2 amide bonds. The number of aromatic hydroxyl groups is 1. The minimum absolute atomic E-state index is 0.0649. The van der Waals surface area contributed by atoms with Crippen LogP contribution in [0.5, 0.6) is 5.75 Å². The average Bonchev–Trinajstić information content (AvgIpc) is 3.12. The van der Waals surface area contributed by atoms with E-state index in [0.29, 0.717) is 17.8 Å². The summed E-state index contributed by atoms with van der Waals surface area (Å²) in [6.07, 6.45) is 4.34. The highest BCUT2D eigenvalue weighted by atomic mass is 16.3. The molecule has 32 heavy (non-hydrogen) atoms. The first-order valence-corrected chi connectivity index (χ1v) is 11.5. The molecule has 0 saturated heterocycles. The van der Waals surface area contributed by atoms with Gasteiger partial charge in [-0.1, -0.05) is 69.2 Å². The van der Waals surface area contributed by atoms with E-state index >= 15 is 0 Å². The van der Waals surface area contributed by atoms with Crippen molar-refractivity contribution in [1.29, 1.82) is 0 Å². The Balaban J connectivity index is 1.88. The van der Waals surface area contributed by atoms with Gasteiger partial charge in [0, 0.05) is 12.1 Å². The first-order chi connectivity index (χ1) is 15.5. The van der Waals surface area contributed by atoms with Crippen molar-refractivity contribution in [2.24, 2.45) is 11.0 Å². The minimum Gasteiger partial charge on any atom is -0.507 e. The molecule has 0 fully saturated rings. The molecular formula is C26H33N3O3. The van der Waals surface area contributed by atoms with E-state index in [9.17, 15) is 14.7 Å². The second kappa shape index (κ2) is 11.6. The number of carbonyl (C=O) groups excluding carboxylic acids is 2. The van der Waals surface area contributed by atoms with Crippen LogP contribution in [0.25, 0.3) is 0 Å². The van der Waals surface area contributed by atoms with Crippen LogP contribution in [-0.2, 0) is 16.0 Å². The van der Waals surface area contributed by atoms with Gasteiger partial charge in [0.1, 0.15) is 5.75 Å². The molecule has 0 aliphatic carbocycles. The molecule has 6 heteroatoms. The fourth-order valence-corrected chi connectivity index (χ4v) is 3.93. The van der Waals surface area contributed by atoms with E-state index in [1.165, 1.54) is 0 Å². The first kappa shape index (κ1) is 23.7. The van der Waals surface area contributed by atoms with Crippen LogP contribution in [0.1, 0.15) is 50.7 Å². The molecule has 0 bridgehead atoms. The summed E-state index contributed by atoms with van der Waals surface area (Å²) in [6.45, 7) is 6.58. The van der Waals surface area contributed by atoms with E-state index in [1.807, 2.05) is 30.3 Å². The fourth-order valence-electron chi connectivity index (χ4n) is 3.93. The van der Waals surface area contributed by atoms with Crippen LogP contribution in [0.4, 0.5) is 0 Å². The number of rotatable bonds is 11. The number of imide groups is 1. The van der Waals surface area contributed by atoms with Crippen molar-refractivity contribution < 1.29 is 14.7 Å². The van der Waals surface area contributed by atoms with E-state index in [4.69, 9.17) is 0 Å². The van der Waals surface area contributed by atoms with Gasteiger partial charge in [0.2, 0.25) is 0 Å². The predicted molar refractivity (Wildman–Crippen MR) is 126 cm³/mol. The number of phenols is 1. The highest BCUT2D eigenvalue weighted by Gasteiger charge is 2.41. The quantitative estimate of drug-likeness (QED) is 0.573. The second-order valence-electron chi connectivity index (χ2n) is 8.27. The van der Waals surface area contributed by atoms with Gasteiger partial charge in [-0.3, -0.25) is 9.59 Å². The molecule has 0 radical (unpaired) electrons. The number of para-hydroxylation sites is 1. The molecule has 2 aromatic rings. The van der Waals surface area contributed by atoms with E-state index in [-0.39, 0.29) is 24.0 Å². The normalized spacial score (nSPS) is 16.0. The predicted octanol–water partition coefficient (Wildman–Crippen LogP) is 4.23. The Morgan fingerprint density at radius 3 is 2.25 bits per heavy atom. The number of nitrogens with zero attached hydrogens (tertiary/aromatic N) is 3. The van der Waals surface area contributed by atoms with Crippen molar-refractivity contribution in [1.82, 2.24) is 9.91 Å². The van der Waals surface area contributed by atoms with Crippen LogP contribution in [-0.4, -0.2) is 52.2 Å². The molecule has 1 aliphatic heterocycles. The van der Waals surface area contributed by atoms with Crippen LogP contribution in [0.3, 0.4) is 0 Å². The number of hydrogen-bond acceptors (Lipinski definition) is 5. The fraction of sp³-hybridized carbons (Fsp3) is 0.423. The number of amides is 2. The lowest BCUT2D eigenvalue weighted by molar-refractivity contribution is -0.144. The van der Waals surface area contributed by atoms with Gasteiger partial charge in [0.15, 0.2) is 0 Å². The van der Waals surface area contributed by atoms with Crippen molar-refractivity contribution in [3.63, 3.8) is 0 Å². The van der Waals surface area contributed by atoms with Crippen LogP contribution < -0.4 is 0 Å².